The summed E-state index contributed by atoms with van der Waals surface area (Å²) in [7, 11) is -2.51. The van der Waals surface area contributed by atoms with Gasteiger partial charge in [-0.25, -0.2) is 0 Å². The summed E-state index contributed by atoms with van der Waals surface area (Å²) in [4.78, 5) is 26.7. The number of nitrogens with zero attached hydrogens (tertiary/aromatic N) is 1. The van der Waals surface area contributed by atoms with Gasteiger partial charge in [0.2, 0.25) is 5.91 Å². The molecule has 1 amide bonds. The minimum Gasteiger partial charge on any atom is -0.459 e. The van der Waals surface area contributed by atoms with E-state index >= 15 is 0 Å². The van der Waals surface area contributed by atoms with Crippen LogP contribution in [0.25, 0.3) is 0 Å². The Morgan fingerprint density at radius 2 is 1.92 bits per heavy atom. The molecule has 2 fully saturated rings. The molecule has 1 N–H and O–H groups in total. The molecule has 8 nitrogen and oxygen atoms in total. The quantitative estimate of drug-likeness (QED) is 0.426. The van der Waals surface area contributed by atoms with E-state index in [-0.39, 0.29) is 29.7 Å². The predicted molar refractivity (Wildman–Crippen MR) is 94.0 cm³/mol. The van der Waals surface area contributed by atoms with Crippen LogP contribution in [0.3, 0.4) is 0 Å². The summed E-state index contributed by atoms with van der Waals surface area (Å²) in [6, 6.07) is -0.197. The van der Waals surface area contributed by atoms with Crippen LogP contribution in [-0.4, -0.2) is 66.9 Å². The highest BCUT2D eigenvalue weighted by Gasteiger charge is 2.45. The Morgan fingerprint density at radius 3 is 2.46 bits per heavy atom. The third-order valence-corrected chi connectivity index (χ3v) is 5.84. The maximum atomic E-state index is 12.7. The number of hydrogen-bond acceptors (Lipinski definition) is 6. The zero-order valence-electron chi connectivity index (χ0n) is 15.8. The fraction of sp³-hybridized carbons (Fsp3) is 0.882. The Balaban J connectivity index is 2.02. The lowest BCUT2D eigenvalue weighted by atomic mass is 9.84. The van der Waals surface area contributed by atoms with Crippen LogP contribution in [0.1, 0.15) is 46.5 Å². The molecule has 9 heteroatoms. The topological polar surface area (TPSA) is 110 Å². The van der Waals surface area contributed by atoms with Gasteiger partial charge in [-0.2, -0.15) is 8.42 Å². The third-order valence-electron chi connectivity index (χ3n) is 4.95. The summed E-state index contributed by atoms with van der Waals surface area (Å²) < 4.78 is 42.1. The molecule has 0 radical (unpaired) electrons. The number of likely N-dealkylation sites (tertiary alicyclic amines) is 1. The number of carbonyl (C=O) groups is 2. The Kier molecular flexibility index (Phi) is 6.35. The van der Waals surface area contributed by atoms with E-state index in [1.54, 1.807) is 25.7 Å². The molecule has 26 heavy (non-hydrogen) atoms. The fourth-order valence-corrected chi connectivity index (χ4v) is 4.78. The van der Waals surface area contributed by atoms with Crippen molar-refractivity contribution in [3.05, 3.63) is 0 Å². The van der Waals surface area contributed by atoms with Gasteiger partial charge >= 0.3 is 5.97 Å². The first-order valence-electron chi connectivity index (χ1n) is 8.92. The van der Waals surface area contributed by atoms with Crippen molar-refractivity contribution in [2.45, 2.75) is 64.2 Å². The Hall–Kier alpha value is -1.19. The van der Waals surface area contributed by atoms with Gasteiger partial charge in [0.25, 0.3) is 10.1 Å². The van der Waals surface area contributed by atoms with Gasteiger partial charge in [-0.1, -0.05) is 0 Å². The number of carbonyl (C=O) groups excluding carboxylic acids is 2. The van der Waals surface area contributed by atoms with Gasteiger partial charge in [-0.3, -0.25) is 14.1 Å². The summed E-state index contributed by atoms with van der Waals surface area (Å²) in [5.74, 6) is -2.04. The number of rotatable bonds is 5. The van der Waals surface area contributed by atoms with Gasteiger partial charge in [0, 0.05) is 13.7 Å². The molecular weight excluding hydrogens is 362 g/mol. The molecule has 2 aliphatic rings. The van der Waals surface area contributed by atoms with E-state index in [1.807, 2.05) is 0 Å². The first-order chi connectivity index (χ1) is 11.9. The van der Waals surface area contributed by atoms with Crippen LogP contribution in [0.15, 0.2) is 0 Å². The number of methoxy groups -OCH3 is 1. The first kappa shape index (κ1) is 21.1. The SMILES string of the molecule is CO[C@H]1C[C@H](CS(=O)(=O)O)CC[C@H]1N1CC[C@H](C(=O)OC(C)(C)C)C1=O. The minimum absolute atomic E-state index is 0.197. The lowest BCUT2D eigenvalue weighted by Gasteiger charge is -2.40. The van der Waals surface area contributed by atoms with Crippen LogP contribution in [-0.2, 0) is 29.2 Å². The number of amides is 1. The number of esters is 1. The highest BCUT2D eigenvalue weighted by Crippen LogP contribution is 2.34. The molecule has 150 valence electrons. The lowest BCUT2D eigenvalue weighted by Crippen LogP contribution is -2.50. The first-order valence-corrected chi connectivity index (χ1v) is 10.5. The third kappa shape index (κ3) is 5.40. The van der Waals surface area contributed by atoms with Crippen molar-refractivity contribution in [1.29, 1.82) is 0 Å². The van der Waals surface area contributed by atoms with E-state index in [0.29, 0.717) is 32.2 Å². The molecule has 0 aromatic rings. The van der Waals surface area contributed by atoms with E-state index < -0.39 is 27.6 Å². The smallest absolute Gasteiger partial charge is 0.319 e. The molecule has 0 unspecified atom stereocenters. The van der Waals surface area contributed by atoms with Crippen molar-refractivity contribution in [1.82, 2.24) is 4.90 Å². The average molecular weight is 391 g/mol. The van der Waals surface area contributed by atoms with Gasteiger partial charge in [0.05, 0.1) is 17.9 Å². The minimum atomic E-state index is -4.04. The molecule has 1 heterocycles. The maximum Gasteiger partial charge on any atom is 0.319 e. The molecule has 0 bridgehead atoms. The zero-order chi connectivity index (χ0) is 19.7. The molecule has 0 aromatic heterocycles. The van der Waals surface area contributed by atoms with E-state index in [4.69, 9.17) is 14.0 Å². The monoisotopic (exact) mass is 391 g/mol. The van der Waals surface area contributed by atoms with Gasteiger partial charge in [-0.05, 0) is 52.4 Å². The molecule has 0 aromatic carbocycles. The summed E-state index contributed by atoms with van der Waals surface area (Å²) in [6.07, 6.45) is 1.69. The second kappa shape index (κ2) is 7.82. The van der Waals surface area contributed by atoms with Crippen LogP contribution in [0.4, 0.5) is 0 Å². The second-order valence-electron chi connectivity index (χ2n) is 8.18. The zero-order valence-corrected chi connectivity index (χ0v) is 16.6. The van der Waals surface area contributed by atoms with Crippen molar-refractivity contribution in [3.63, 3.8) is 0 Å². The fourth-order valence-electron chi connectivity index (χ4n) is 3.88. The summed E-state index contributed by atoms with van der Waals surface area (Å²) in [6.45, 7) is 5.74. The largest absolute Gasteiger partial charge is 0.459 e. The second-order valence-corrected chi connectivity index (χ2v) is 9.67. The highest BCUT2D eigenvalue weighted by molar-refractivity contribution is 7.85. The van der Waals surface area contributed by atoms with Crippen molar-refractivity contribution in [3.8, 4) is 0 Å². The molecule has 1 saturated carbocycles. The van der Waals surface area contributed by atoms with Crippen molar-refractivity contribution >= 4 is 22.0 Å². The van der Waals surface area contributed by atoms with Crippen molar-refractivity contribution < 1.29 is 32.0 Å². The summed E-state index contributed by atoms with van der Waals surface area (Å²) in [5, 5.41) is 0. The molecule has 1 aliphatic carbocycles. The van der Waals surface area contributed by atoms with Crippen LogP contribution < -0.4 is 0 Å². The van der Waals surface area contributed by atoms with Gasteiger partial charge in [0.1, 0.15) is 11.5 Å². The van der Waals surface area contributed by atoms with Crippen LogP contribution in [0.2, 0.25) is 0 Å². The molecule has 2 rings (SSSR count). The maximum absolute atomic E-state index is 12.7. The Bertz CT molecular complexity index is 640. The van der Waals surface area contributed by atoms with Crippen molar-refractivity contribution in [2.24, 2.45) is 11.8 Å². The summed E-state index contributed by atoms with van der Waals surface area (Å²) >= 11 is 0. The number of ether oxygens (including phenoxy) is 2. The van der Waals surface area contributed by atoms with Crippen LogP contribution >= 0.6 is 0 Å². The van der Waals surface area contributed by atoms with E-state index in [9.17, 15) is 18.0 Å². The molecule has 1 aliphatic heterocycles. The predicted octanol–water partition coefficient (Wildman–Crippen LogP) is 1.25. The van der Waals surface area contributed by atoms with Crippen LogP contribution in [0, 0.1) is 11.8 Å². The molecule has 4 atom stereocenters. The van der Waals surface area contributed by atoms with E-state index in [1.165, 1.54) is 7.11 Å². The van der Waals surface area contributed by atoms with Crippen molar-refractivity contribution in [2.75, 3.05) is 19.4 Å². The molecule has 0 spiro atoms. The van der Waals surface area contributed by atoms with E-state index in [0.717, 1.165) is 0 Å². The normalized spacial score (nSPS) is 30.5. The molecule has 1 saturated heterocycles. The Morgan fingerprint density at radius 1 is 1.27 bits per heavy atom. The molecular formula is C17H29NO7S. The highest BCUT2D eigenvalue weighted by atomic mass is 32.2. The van der Waals surface area contributed by atoms with E-state index in [2.05, 4.69) is 0 Å². The number of hydrogen-bond donors (Lipinski definition) is 1. The summed E-state index contributed by atoms with van der Waals surface area (Å²) in [5.41, 5.74) is -0.645. The van der Waals surface area contributed by atoms with Gasteiger partial charge in [-0.15, -0.1) is 0 Å². The van der Waals surface area contributed by atoms with Gasteiger partial charge < -0.3 is 14.4 Å². The Labute approximate surface area is 155 Å². The standard InChI is InChI=1S/C17H29NO7S/c1-17(2,3)25-16(20)12-7-8-18(15(12)19)13-6-5-11(9-14(13)24-4)10-26(21,22)23/h11-14H,5-10H2,1-4H3,(H,21,22,23)/t11-,12+,13-,14+/m1/s1. The lowest BCUT2D eigenvalue weighted by molar-refractivity contribution is -0.163. The average Bonchev–Trinajstić information content (AvgIpc) is 2.85. The van der Waals surface area contributed by atoms with Gasteiger partial charge in [0.15, 0.2) is 0 Å². The van der Waals surface area contributed by atoms with Crippen LogP contribution in [0.5, 0.6) is 0 Å².